The van der Waals surface area contributed by atoms with Crippen LogP contribution in [-0.2, 0) is 5.75 Å². The van der Waals surface area contributed by atoms with Crippen molar-refractivity contribution in [1.29, 1.82) is 0 Å². The van der Waals surface area contributed by atoms with Gasteiger partial charge in [0, 0.05) is 16.3 Å². The van der Waals surface area contributed by atoms with Crippen molar-refractivity contribution >= 4 is 17.4 Å². The first-order chi connectivity index (χ1) is 8.58. The van der Waals surface area contributed by atoms with E-state index in [0.717, 1.165) is 23.3 Å². The lowest BCUT2D eigenvalue weighted by Crippen LogP contribution is -1.94. The van der Waals surface area contributed by atoms with E-state index in [2.05, 4.69) is 0 Å². The van der Waals surface area contributed by atoms with Gasteiger partial charge in [-0.2, -0.15) is 0 Å². The molecule has 0 aliphatic carbocycles. The van der Waals surface area contributed by atoms with Crippen LogP contribution in [0.25, 0.3) is 0 Å². The van der Waals surface area contributed by atoms with Crippen LogP contribution in [0.1, 0.15) is 11.1 Å². The van der Waals surface area contributed by atoms with Crippen LogP contribution in [0.2, 0.25) is 0 Å². The van der Waals surface area contributed by atoms with E-state index in [-0.39, 0.29) is 0 Å². The van der Waals surface area contributed by atoms with Gasteiger partial charge in [0.2, 0.25) is 0 Å². The van der Waals surface area contributed by atoms with Crippen molar-refractivity contribution < 1.29 is 8.78 Å². The summed E-state index contributed by atoms with van der Waals surface area (Å²) in [6, 6.07) is 9.10. The molecule has 0 aliphatic heterocycles. The maximum absolute atomic E-state index is 13.4. The topological polar surface area (TPSA) is 26.0 Å². The standard InChI is InChI=1S/C14H13F2NS/c1-9-10(3-2-4-13(9)17)8-18-14-7-11(15)5-6-12(14)16/h2-7H,8,17H2,1H3. The van der Waals surface area contributed by atoms with E-state index >= 15 is 0 Å². The number of thioether (sulfide) groups is 1. The molecule has 2 rings (SSSR count). The summed E-state index contributed by atoms with van der Waals surface area (Å²) < 4.78 is 26.5. The fourth-order valence-corrected chi connectivity index (χ4v) is 2.63. The van der Waals surface area contributed by atoms with Crippen LogP contribution in [0.15, 0.2) is 41.3 Å². The molecule has 2 aromatic carbocycles. The Balaban J connectivity index is 2.16. The second kappa shape index (κ2) is 5.40. The van der Waals surface area contributed by atoms with Crippen molar-refractivity contribution in [1.82, 2.24) is 0 Å². The Bertz CT molecular complexity index is 568. The minimum absolute atomic E-state index is 0.317. The number of nitrogens with two attached hydrogens (primary N) is 1. The van der Waals surface area contributed by atoms with Crippen molar-refractivity contribution in [2.75, 3.05) is 5.73 Å². The van der Waals surface area contributed by atoms with Gasteiger partial charge in [0.1, 0.15) is 11.6 Å². The average molecular weight is 265 g/mol. The second-order valence-electron chi connectivity index (χ2n) is 3.99. The molecular formula is C14H13F2NS. The summed E-state index contributed by atoms with van der Waals surface area (Å²) in [5, 5.41) is 0. The molecule has 94 valence electrons. The van der Waals surface area contributed by atoms with Crippen LogP contribution in [0.3, 0.4) is 0 Å². The second-order valence-corrected chi connectivity index (χ2v) is 5.01. The fraction of sp³-hybridized carbons (Fsp3) is 0.143. The van der Waals surface area contributed by atoms with Gasteiger partial charge < -0.3 is 5.73 Å². The number of nitrogen functional groups attached to an aromatic ring is 1. The Morgan fingerprint density at radius 1 is 1.17 bits per heavy atom. The molecule has 0 aromatic heterocycles. The van der Waals surface area contributed by atoms with Gasteiger partial charge >= 0.3 is 0 Å². The Kier molecular flexibility index (Phi) is 3.87. The van der Waals surface area contributed by atoms with Gasteiger partial charge in [-0.3, -0.25) is 0 Å². The number of hydrogen-bond acceptors (Lipinski definition) is 2. The third kappa shape index (κ3) is 2.82. The van der Waals surface area contributed by atoms with E-state index in [1.54, 1.807) is 0 Å². The summed E-state index contributed by atoms with van der Waals surface area (Å²) in [7, 11) is 0. The lowest BCUT2D eigenvalue weighted by molar-refractivity contribution is 0.577. The quantitative estimate of drug-likeness (QED) is 0.666. The Labute approximate surface area is 109 Å². The average Bonchev–Trinajstić information content (AvgIpc) is 2.35. The van der Waals surface area contributed by atoms with E-state index in [4.69, 9.17) is 5.73 Å². The molecule has 0 atom stereocenters. The monoisotopic (exact) mass is 265 g/mol. The zero-order valence-corrected chi connectivity index (χ0v) is 10.7. The highest BCUT2D eigenvalue weighted by molar-refractivity contribution is 7.98. The predicted molar refractivity (Wildman–Crippen MR) is 71.5 cm³/mol. The lowest BCUT2D eigenvalue weighted by atomic mass is 10.1. The molecule has 0 amide bonds. The normalized spacial score (nSPS) is 10.6. The molecule has 0 fully saturated rings. The summed E-state index contributed by atoms with van der Waals surface area (Å²) in [5.41, 5.74) is 8.53. The van der Waals surface area contributed by atoms with Crippen molar-refractivity contribution in [3.63, 3.8) is 0 Å². The molecule has 18 heavy (non-hydrogen) atoms. The lowest BCUT2D eigenvalue weighted by Gasteiger charge is -2.08. The molecule has 0 radical (unpaired) electrons. The summed E-state index contributed by atoms with van der Waals surface area (Å²) in [5.74, 6) is -0.261. The van der Waals surface area contributed by atoms with Crippen LogP contribution in [0.5, 0.6) is 0 Å². The maximum atomic E-state index is 13.4. The minimum atomic E-state index is -0.428. The van der Waals surface area contributed by atoms with E-state index in [9.17, 15) is 8.78 Å². The van der Waals surface area contributed by atoms with Crippen LogP contribution in [0, 0.1) is 18.6 Å². The first kappa shape index (κ1) is 12.9. The van der Waals surface area contributed by atoms with Gasteiger partial charge in [-0.1, -0.05) is 12.1 Å². The highest BCUT2D eigenvalue weighted by Crippen LogP contribution is 2.28. The molecular weight excluding hydrogens is 252 g/mol. The molecule has 0 heterocycles. The molecule has 0 unspecified atom stereocenters. The highest BCUT2D eigenvalue weighted by atomic mass is 32.2. The summed E-state index contributed by atoms with van der Waals surface area (Å²) in [4.78, 5) is 0.317. The number of benzene rings is 2. The zero-order chi connectivity index (χ0) is 13.1. The first-order valence-electron chi connectivity index (χ1n) is 5.50. The van der Waals surface area contributed by atoms with Crippen molar-refractivity contribution in [2.45, 2.75) is 17.6 Å². The van der Waals surface area contributed by atoms with Crippen molar-refractivity contribution in [2.24, 2.45) is 0 Å². The third-order valence-corrected chi connectivity index (χ3v) is 3.84. The molecule has 0 bridgehead atoms. The van der Waals surface area contributed by atoms with Crippen LogP contribution in [0.4, 0.5) is 14.5 Å². The van der Waals surface area contributed by atoms with E-state index < -0.39 is 11.6 Å². The van der Waals surface area contributed by atoms with Crippen molar-refractivity contribution in [3.8, 4) is 0 Å². The number of halogens is 2. The van der Waals surface area contributed by atoms with Gasteiger partial charge in [-0.15, -0.1) is 11.8 Å². The minimum Gasteiger partial charge on any atom is -0.399 e. The van der Waals surface area contributed by atoms with Gasteiger partial charge in [0.15, 0.2) is 0 Å². The SMILES string of the molecule is Cc1c(N)cccc1CSc1cc(F)ccc1F. The van der Waals surface area contributed by atoms with Crippen LogP contribution >= 0.6 is 11.8 Å². The van der Waals surface area contributed by atoms with E-state index in [0.29, 0.717) is 16.3 Å². The molecule has 0 spiro atoms. The maximum Gasteiger partial charge on any atom is 0.136 e. The van der Waals surface area contributed by atoms with Gasteiger partial charge in [0.05, 0.1) is 0 Å². The largest absolute Gasteiger partial charge is 0.399 e. The third-order valence-electron chi connectivity index (χ3n) is 2.76. The van der Waals surface area contributed by atoms with Gasteiger partial charge in [-0.05, 0) is 42.3 Å². The Morgan fingerprint density at radius 3 is 2.72 bits per heavy atom. The molecule has 2 N–H and O–H groups in total. The summed E-state index contributed by atoms with van der Waals surface area (Å²) in [6.45, 7) is 1.92. The highest BCUT2D eigenvalue weighted by Gasteiger charge is 2.07. The molecule has 4 heteroatoms. The predicted octanol–water partition coefficient (Wildman–Crippen LogP) is 4.15. The molecule has 0 aliphatic rings. The summed E-state index contributed by atoms with van der Waals surface area (Å²) >= 11 is 1.27. The van der Waals surface area contributed by atoms with Crippen LogP contribution < -0.4 is 5.73 Å². The van der Waals surface area contributed by atoms with Crippen LogP contribution in [-0.4, -0.2) is 0 Å². The fourth-order valence-electron chi connectivity index (χ4n) is 1.60. The summed E-state index contributed by atoms with van der Waals surface area (Å²) in [6.07, 6.45) is 0. The smallest absolute Gasteiger partial charge is 0.136 e. The van der Waals surface area contributed by atoms with Gasteiger partial charge in [-0.25, -0.2) is 8.78 Å². The molecule has 0 saturated heterocycles. The number of hydrogen-bond donors (Lipinski definition) is 1. The Hall–Kier alpha value is -1.55. The van der Waals surface area contributed by atoms with E-state index in [1.807, 2.05) is 25.1 Å². The van der Waals surface area contributed by atoms with Gasteiger partial charge in [0.25, 0.3) is 0 Å². The van der Waals surface area contributed by atoms with E-state index in [1.165, 1.54) is 17.8 Å². The number of anilines is 1. The van der Waals surface area contributed by atoms with Crippen molar-refractivity contribution in [3.05, 3.63) is 59.2 Å². The zero-order valence-electron chi connectivity index (χ0n) is 9.91. The molecule has 1 nitrogen and oxygen atoms in total. The first-order valence-corrected chi connectivity index (χ1v) is 6.48. The molecule has 0 saturated carbocycles. The molecule has 2 aromatic rings. The number of rotatable bonds is 3. The Morgan fingerprint density at radius 2 is 1.94 bits per heavy atom.